The minimum Gasteiger partial charge on any atom is -0.391 e. The smallest absolute Gasteiger partial charge is 0.0693 e. The van der Waals surface area contributed by atoms with Gasteiger partial charge < -0.3 is 15.3 Å². The Morgan fingerprint density at radius 1 is 0.872 bits per heavy atom. The third-order valence-electron chi connectivity index (χ3n) is 8.43. The van der Waals surface area contributed by atoms with E-state index in [-0.39, 0.29) is 11.8 Å². The summed E-state index contributed by atoms with van der Waals surface area (Å²) in [5.41, 5.74) is 15.6. The third-order valence-corrected chi connectivity index (χ3v) is 8.43. The number of rotatable bonds is 7. The molecule has 3 N–H and O–H groups in total. The summed E-state index contributed by atoms with van der Waals surface area (Å²) in [5, 5.41) is 3.25. The van der Waals surface area contributed by atoms with Crippen LogP contribution in [0.1, 0.15) is 84.1 Å². The van der Waals surface area contributed by atoms with Gasteiger partial charge in [-0.1, -0.05) is 39.2 Å². The standard InChI is InChI=1S/C34H39N5/c1-9-23-19(5)27-15-28-20(6)25(11-3)33(37-28)18-34-26(13-14-35-12-4)22(8)30(39-34)17-32-24(10-2)21(7)29(38-32)16-31(23)36-27/h9-10,12,15-19,23,35,37-38H,1-2,4,11,13-14H2,3,5-8H3. The number of allylic oxidation sites excluding steroid dienone is 2. The Kier molecular flexibility index (Phi) is 7.17. The molecule has 5 heteroatoms. The zero-order valence-corrected chi connectivity index (χ0v) is 23.8. The summed E-state index contributed by atoms with van der Waals surface area (Å²) < 4.78 is 0. The van der Waals surface area contributed by atoms with Crippen molar-refractivity contribution in [3.63, 3.8) is 0 Å². The Labute approximate surface area is 231 Å². The van der Waals surface area contributed by atoms with E-state index in [1.54, 1.807) is 6.20 Å². The number of nitrogens with one attached hydrogen (secondary N) is 3. The van der Waals surface area contributed by atoms with E-state index in [0.717, 1.165) is 75.4 Å². The molecule has 0 spiro atoms. The lowest BCUT2D eigenvalue weighted by atomic mass is 9.91. The van der Waals surface area contributed by atoms with Gasteiger partial charge >= 0.3 is 0 Å². The third kappa shape index (κ3) is 4.56. The fourth-order valence-corrected chi connectivity index (χ4v) is 6.03. The number of hydrogen-bond donors (Lipinski definition) is 3. The van der Waals surface area contributed by atoms with Crippen molar-refractivity contribution in [1.82, 2.24) is 25.3 Å². The molecule has 2 aliphatic heterocycles. The van der Waals surface area contributed by atoms with Crippen LogP contribution < -0.4 is 5.32 Å². The molecule has 5 nitrogen and oxygen atoms in total. The fraction of sp³-hybridized carbons (Fsp3) is 0.294. The summed E-state index contributed by atoms with van der Waals surface area (Å²) in [4.78, 5) is 17.7. The molecule has 39 heavy (non-hydrogen) atoms. The minimum absolute atomic E-state index is 0.147. The van der Waals surface area contributed by atoms with E-state index < -0.39 is 0 Å². The van der Waals surface area contributed by atoms with Crippen molar-refractivity contribution in [2.45, 2.75) is 59.3 Å². The number of H-pyrrole nitrogens is 2. The van der Waals surface area contributed by atoms with Crippen molar-refractivity contribution < 1.29 is 0 Å². The highest BCUT2D eigenvalue weighted by molar-refractivity contribution is 5.93. The zero-order chi connectivity index (χ0) is 27.8. The van der Waals surface area contributed by atoms with E-state index in [1.807, 2.05) is 12.2 Å². The van der Waals surface area contributed by atoms with Gasteiger partial charge in [0.2, 0.25) is 0 Å². The molecule has 0 aliphatic carbocycles. The minimum atomic E-state index is 0.147. The van der Waals surface area contributed by atoms with Crippen molar-refractivity contribution in [1.29, 1.82) is 0 Å². The van der Waals surface area contributed by atoms with Crippen molar-refractivity contribution in [3.8, 4) is 0 Å². The topological polar surface area (TPSA) is 69.4 Å². The van der Waals surface area contributed by atoms with Gasteiger partial charge in [0.05, 0.1) is 17.1 Å². The van der Waals surface area contributed by atoms with Crippen LogP contribution in [0.25, 0.3) is 39.3 Å². The second kappa shape index (κ2) is 10.6. The lowest BCUT2D eigenvalue weighted by molar-refractivity contribution is 0.712. The summed E-state index contributed by atoms with van der Waals surface area (Å²) in [7, 11) is 0. The molecule has 0 fully saturated rings. The highest BCUT2D eigenvalue weighted by Gasteiger charge is 2.26. The Hall–Kier alpha value is -4.12. The average Bonchev–Trinajstić information content (AvgIpc) is 3.57. The molecule has 0 saturated carbocycles. The van der Waals surface area contributed by atoms with Crippen molar-refractivity contribution in [2.75, 3.05) is 6.54 Å². The van der Waals surface area contributed by atoms with Crippen LogP contribution in [0.15, 0.2) is 56.3 Å². The Bertz CT molecular complexity index is 1680. The summed E-state index contributed by atoms with van der Waals surface area (Å²) >= 11 is 0. The van der Waals surface area contributed by atoms with Gasteiger partial charge in [-0.2, -0.15) is 0 Å². The van der Waals surface area contributed by atoms with Gasteiger partial charge in [0, 0.05) is 51.7 Å². The highest BCUT2D eigenvalue weighted by atomic mass is 14.8. The molecule has 200 valence electrons. The number of aromatic amines is 2. The van der Waals surface area contributed by atoms with Crippen LogP contribution in [0.5, 0.6) is 0 Å². The average molecular weight is 518 g/mol. The molecule has 5 rings (SSSR count). The van der Waals surface area contributed by atoms with Gasteiger partial charge in [0.15, 0.2) is 0 Å². The predicted octanol–water partition coefficient (Wildman–Crippen LogP) is 8.26. The first kappa shape index (κ1) is 26.5. The largest absolute Gasteiger partial charge is 0.391 e. The van der Waals surface area contributed by atoms with E-state index in [0.29, 0.717) is 0 Å². The molecule has 0 aromatic carbocycles. The van der Waals surface area contributed by atoms with Gasteiger partial charge in [-0.3, -0.25) is 4.98 Å². The Morgan fingerprint density at radius 3 is 2.26 bits per heavy atom. The normalized spacial score (nSPS) is 16.8. The Morgan fingerprint density at radius 2 is 1.56 bits per heavy atom. The first-order valence-electron chi connectivity index (χ1n) is 13.8. The molecular formula is C34H39N5. The van der Waals surface area contributed by atoms with Gasteiger partial charge in [0.25, 0.3) is 0 Å². The summed E-state index contributed by atoms with van der Waals surface area (Å²) in [6, 6.07) is 8.78. The van der Waals surface area contributed by atoms with Crippen molar-refractivity contribution in [3.05, 3.63) is 101 Å². The van der Waals surface area contributed by atoms with Gasteiger partial charge in [-0.15, -0.1) is 6.58 Å². The monoisotopic (exact) mass is 517 g/mol. The van der Waals surface area contributed by atoms with E-state index in [4.69, 9.17) is 9.97 Å². The van der Waals surface area contributed by atoms with Crippen LogP contribution >= 0.6 is 0 Å². The number of fused-ring (bicyclic) bond motifs is 8. The molecule has 8 bridgehead atoms. The molecule has 2 aliphatic rings. The van der Waals surface area contributed by atoms with Crippen LogP contribution in [-0.2, 0) is 6.42 Å². The lowest BCUT2D eigenvalue weighted by Crippen LogP contribution is -2.06. The summed E-state index contributed by atoms with van der Waals surface area (Å²) in [6.45, 7) is 23.8. The zero-order valence-electron chi connectivity index (χ0n) is 23.8. The van der Waals surface area contributed by atoms with Crippen LogP contribution in [0.2, 0.25) is 0 Å². The second-order valence-corrected chi connectivity index (χ2v) is 10.6. The molecule has 5 heterocycles. The van der Waals surface area contributed by atoms with Crippen molar-refractivity contribution in [2.24, 2.45) is 0 Å². The maximum absolute atomic E-state index is 5.17. The van der Waals surface area contributed by atoms with Crippen LogP contribution in [0, 0.1) is 13.8 Å². The quantitative estimate of drug-likeness (QED) is 0.218. The first-order chi connectivity index (χ1) is 18.8. The first-order valence-corrected chi connectivity index (χ1v) is 13.8. The van der Waals surface area contributed by atoms with E-state index >= 15 is 0 Å². The molecule has 3 aromatic heterocycles. The molecule has 2 atom stereocenters. The molecule has 0 amide bonds. The summed E-state index contributed by atoms with van der Waals surface area (Å²) in [6.07, 6.45) is 7.49. The molecular weight excluding hydrogens is 478 g/mol. The predicted molar refractivity (Wildman–Crippen MR) is 167 cm³/mol. The maximum atomic E-state index is 5.17. The molecule has 3 aromatic rings. The van der Waals surface area contributed by atoms with Crippen LogP contribution in [0.3, 0.4) is 0 Å². The highest BCUT2D eigenvalue weighted by Crippen LogP contribution is 2.38. The van der Waals surface area contributed by atoms with E-state index in [9.17, 15) is 0 Å². The SMILES string of the molecule is C=CNCCC1=C(C)c2cc3[nH]c(cc4nc(cc5[nH]c(cc1n2)c(CC)c5C)C(C)C4C=C)c(C)c3C=C. The molecule has 0 radical (unpaired) electrons. The van der Waals surface area contributed by atoms with Gasteiger partial charge in [-0.05, 0) is 91.9 Å². The summed E-state index contributed by atoms with van der Waals surface area (Å²) in [5.74, 6) is 0.379. The second-order valence-electron chi connectivity index (χ2n) is 10.6. The Balaban J connectivity index is 1.93. The maximum Gasteiger partial charge on any atom is 0.0693 e. The van der Waals surface area contributed by atoms with Gasteiger partial charge in [-0.25, -0.2) is 4.98 Å². The van der Waals surface area contributed by atoms with Crippen molar-refractivity contribution >= 4 is 39.3 Å². The lowest BCUT2D eigenvalue weighted by Gasteiger charge is -2.10. The van der Waals surface area contributed by atoms with Crippen LogP contribution in [0.4, 0.5) is 0 Å². The number of nitrogens with zero attached hydrogens (tertiary/aromatic N) is 2. The molecule has 2 unspecified atom stereocenters. The van der Waals surface area contributed by atoms with E-state index in [2.05, 4.69) is 93.9 Å². The number of hydrogen-bond acceptors (Lipinski definition) is 3. The number of aryl methyl sites for hydroxylation is 3. The molecule has 0 saturated heterocycles. The fourth-order valence-electron chi connectivity index (χ4n) is 6.03. The van der Waals surface area contributed by atoms with Crippen LogP contribution in [-0.4, -0.2) is 26.5 Å². The van der Waals surface area contributed by atoms with E-state index in [1.165, 1.54) is 22.3 Å². The van der Waals surface area contributed by atoms with Gasteiger partial charge in [0.1, 0.15) is 0 Å². The number of aromatic nitrogens is 4.